The van der Waals surface area contributed by atoms with Crippen LogP contribution >= 0.6 is 15.9 Å². The molecule has 0 bridgehead atoms. The molecule has 0 heterocycles. The lowest BCUT2D eigenvalue weighted by molar-refractivity contribution is 0.579. The van der Waals surface area contributed by atoms with Gasteiger partial charge in [-0.2, -0.15) is 0 Å². The molecule has 2 aromatic carbocycles. The standard InChI is InChI=1S/C25H33Br/c1-8-9-10-16-11-17-12-18-13-23(26)22(25(5,6)7)15-20(18)19(17)14-21(16)24(2,3)4/h11,13-15H,8-10,12H2,1-7H3. The van der Waals surface area contributed by atoms with Crippen molar-refractivity contribution in [3.8, 4) is 11.1 Å². The second-order valence-corrected chi connectivity index (χ2v) is 10.8. The Labute approximate surface area is 168 Å². The van der Waals surface area contributed by atoms with E-state index in [-0.39, 0.29) is 10.8 Å². The molecule has 3 rings (SSSR count). The van der Waals surface area contributed by atoms with Gasteiger partial charge in [0.25, 0.3) is 0 Å². The Balaban J connectivity index is 2.17. The zero-order valence-electron chi connectivity index (χ0n) is 17.5. The highest BCUT2D eigenvalue weighted by Crippen LogP contribution is 2.44. The Morgan fingerprint density at radius 3 is 1.88 bits per heavy atom. The van der Waals surface area contributed by atoms with Crippen LogP contribution in [0.25, 0.3) is 11.1 Å². The molecule has 0 nitrogen and oxygen atoms in total. The van der Waals surface area contributed by atoms with Gasteiger partial charge < -0.3 is 0 Å². The first-order valence-corrected chi connectivity index (χ1v) is 10.8. The van der Waals surface area contributed by atoms with Gasteiger partial charge in [-0.3, -0.25) is 0 Å². The van der Waals surface area contributed by atoms with Crippen molar-refractivity contribution in [3.63, 3.8) is 0 Å². The molecule has 0 saturated heterocycles. The second-order valence-electron chi connectivity index (χ2n) is 9.94. The maximum atomic E-state index is 3.83. The highest BCUT2D eigenvalue weighted by Gasteiger charge is 2.27. The van der Waals surface area contributed by atoms with Gasteiger partial charge >= 0.3 is 0 Å². The molecule has 2 aromatic rings. The van der Waals surface area contributed by atoms with Crippen LogP contribution in [0, 0.1) is 0 Å². The fraction of sp³-hybridized carbons (Fsp3) is 0.520. The van der Waals surface area contributed by atoms with Crippen LogP contribution in [-0.2, 0) is 23.7 Å². The highest BCUT2D eigenvalue weighted by molar-refractivity contribution is 9.10. The molecule has 0 radical (unpaired) electrons. The van der Waals surface area contributed by atoms with Crippen molar-refractivity contribution in [3.05, 3.63) is 56.6 Å². The molecule has 0 aliphatic heterocycles. The molecule has 0 aromatic heterocycles. The van der Waals surface area contributed by atoms with Gasteiger partial charge in [0.2, 0.25) is 0 Å². The molecule has 0 amide bonds. The van der Waals surface area contributed by atoms with E-state index in [0.717, 1.165) is 6.42 Å². The minimum atomic E-state index is 0.143. The lowest BCUT2D eigenvalue weighted by Crippen LogP contribution is -2.15. The van der Waals surface area contributed by atoms with Crippen LogP contribution in [0.5, 0.6) is 0 Å². The van der Waals surface area contributed by atoms with Gasteiger partial charge in [-0.15, -0.1) is 0 Å². The minimum Gasteiger partial charge on any atom is -0.0654 e. The van der Waals surface area contributed by atoms with Gasteiger partial charge in [-0.25, -0.2) is 0 Å². The van der Waals surface area contributed by atoms with Gasteiger partial charge in [0.05, 0.1) is 0 Å². The molecule has 1 heteroatoms. The molecular weight excluding hydrogens is 380 g/mol. The quantitative estimate of drug-likeness (QED) is 0.409. The summed E-state index contributed by atoms with van der Waals surface area (Å²) in [6, 6.07) is 9.81. The van der Waals surface area contributed by atoms with E-state index in [1.54, 1.807) is 5.56 Å². The minimum absolute atomic E-state index is 0.143. The van der Waals surface area contributed by atoms with Crippen LogP contribution < -0.4 is 0 Å². The van der Waals surface area contributed by atoms with E-state index in [2.05, 4.69) is 88.7 Å². The van der Waals surface area contributed by atoms with Crippen molar-refractivity contribution in [1.82, 2.24) is 0 Å². The summed E-state index contributed by atoms with van der Waals surface area (Å²) in [5.41, 5.74) is 10.7. The first kappa shape index (κ1) is 19.7. The molecule has 0 saturated carbocycles. The van der Waals surface area contributed by atoms with Crippen molar-refractivity contribution in [2.45, 2.75) is 85.0 Å². The predicted molar refractivity (Wildman–Crippen MR) is 118 cm³/mol. The van der Waals surface area contributed by atoms with Crippen LogP contribution in [0.3, 0.4) is 0 Å². The first-order valence-electron chi connectivity index (χ1n) is 10.0. The topological polar surface area (TPSA) is 0 Å². The van der Waals surface area contributed by atoms with Crippen LogP contribution in [-0.4, -0.2) is 0 Å². The summed E-state index contributed by atoms with van der Waals surface area (Å²) in [4.78, 5) is 0. The number of hydrogen-bond acceptors (Lipinski definition) is 0. The molecule has 1 aliphatic carbocycles. The average Bonchev–Trinajstić information content (AvgIpc) is 2.85. The van der Waals surface area contributed by atoms with E-state index < -0.39 is 0 Å². The van der Waals surface area contributed by atoms with Crippen LogP contribution in [0.4, 0.5) is 0 Å². The van der Waals surface area contributed by atoms with Gasteiger partial charge in [-0.1, -0.05) is 82.9 Å². The van der Waals surface area contributed by atoms with Gasteiger partial charge in [-0.05, 0) is 81.2 Å². The predicted octanol–water partition coefficient (Wildman–Crippen LogP) is 7.96. The monoisotopic (exact) mass is 412 g/mol. The van der Waals surface area contributed by atoms with Crippen LogP contribution in [0.15, 0.2) is 28.7 Å². The maximum absolute atomic E-state index is 3.83. The SMILES string of the molecule is CCCCc1cc2c(cc1C(C)(C)C)-c1cc(C(C)(C)C)c(Br)cc1C2. The van der Waals surface area contributed by atoms with Gasteiger partial charge in [0.15, 0.2) is 0 Å². The third-order valence-electron chi connectivity index (χ3n) is 5.61. The van der Waals surface area contributed by atoms with Crippen molar-refractivity contribution >= 4 is 15.9 Å². The normalized spacial score (nSPS) is 13.7. The molecule has 26 heavy (non-hydrogen) atoms. The van der Waals surface area contributed by atoms with E-state index in [1.165, 1.54) is 57.1 Å². The fourth-order valence-corrected chi connectivity index (χ4v) is 5.14. The van der Waals surface area contributed by atoms with E-state index >= 15 is 0 Å². The fourth-order valence-electron chi connectivity index (χ4n) is 4.16. The molecule has 0 unspecified atom stereocenters. The Hall–Kier alpha value is -1.08. The summed E-state index contributed by atoms with van der Waals surface area (Å²) < 4.78 is 1.25. The first-order chi connectivity index (χ1) is 12.0. The molecule has 0 atom stereocenters. The largest absolute Gasteiger partial charge is 0.0654 e. The Kier molecular flexibility index (Phi) is 5.16. The maximum Gasteiger partial charge on any atom is 0.0215 e. The van der Waals surface area contributed by atoms with Crippen molar-refractivity contribution < 1.29 is 0 Å². The van der Waals surface area contributed by atoms with Gasteiger partial charge in [0, 0.05) is 4.47 Å². The lowest BCUT2D eigenvalue weighted by atomic mass is 9.80. The van der Waals surface area contributed by atoms with E-state index in [9.17, 15) is 0 Å². The number of hydrogen-bond donors (Lipinski definition) is 0. The molecule has 1 aliphatic rings. The molecule has 0 fully saturated rings. The number of fused-ring (bicyclic) bond motifs is 3. The van der Waals surface area contributed by atoms with Crippen molar-refractivity contribution in [1.29, 1.82) is 0 Å². The smallest absolute Gasteiger partial charge is 0.0215 e. The number of unbranched alkanes of at least 4 members (excludes halogenated alkanes) is 1. The zero-order chi connectivity index (χ0) is 19.3. The second kappa shape index (κ2) is 6.82. The van der Waals surface area contributed by atoms with E-state index in [0.29, 0.717) is 0 Å². The Bertz CT molecular complexity index is 829. The summed E-state index contributed by atoms with van der Waals surface area (Å²) in [5, 5.41) is 0. The number of benzene rings is 2. The van der Waals surface area contributed by atoms with E-state index in [4.69, 9.17) is 0 Å². The Morgan fingerprint density at radius 2 is 1.35 bits per heavy atom. The summed E-state index contributed by atoms with van der Waals surface area (Å²) in [6.45, 7) is 16.2. The zero-order valence-corrected chi connectivity index (χ0v) is 19.1. The lowest BCUT2D eigenvalue weighted by Gasteiger charge is -2.25. The molecular formula is C25H33Br. The van der Waals surface area contributed by atoms with Crippen molar-refractivity contribution in [2.24, 2.45) is 0 Å². The van der Waals surface area contributed by atoms with Crippen LogP contribution in [0.2, 0.25) is 0 Å². The third kappa shape index (κ3) is 3.65. The van der Waals surface area contributed by atoms with Gasteiger partial charge in [0.1, 0.15) is 0 Å². The average molecular weight is 413 g/mol. The summed E-state index contributed by atoms with van der Waals surface area (Å²) >= 11 is 3.83. The number of rotatable bonds is 3. The van der Waals surface area contributed by atoms with E-state index in [1.807, 2.05) is 0 Å². The Morgan fingerprint density at radius 1 is 0.808 bits per heavy atom. The summed E-state index contributed by atoms with van der Waals surface area (Å²) in [7, 11) is 0. The number of halogens is 1. The molecule has 140 valence electrons. The summed E-state index contributed by atoms with van der Waals surface area (Å²) in [6.07, 6.45) is 4.79. The van der Waals surface area contributed by atoms with Crippen molar-refractivity contribution in [2.75, 3.05) is 0 Å². The molecule has 0 N–H and O–H groups in total. The summed E-state index contributed by atoms with van der Waals surface area (Å²) in [5.74, 6) is 0. The third-order valence-corrected chi connectivity index (χ3v) is 6.26. The number of aryl methyl sites for hydroxylation is 1. The van der Waals surface area contributed by atoms with Crippen LogP contribution in [0.1, 0.15) is 89.1 Å². The molecule has 0 spiro atoms. The highest BCUT2D eigenvalue weighted by atomic mass is 79.9.